The first-order chi connectivity index (χ1) is 14.2. The van der Waals surface area contributed by atoms with Gasteiger partial charge < -0.3 is 24.7 Å². The molecule has 0 aliphatic carbocycles. The monoisotopic (exact) mass is 431 g/mol. The lowest BCUT2D eigenvalue weighted by molar-refractivity contribution is 0.00578. The van der Waals surface area contributed by atoms with Crippen molar-refractivity contribution in [2.24, 2.45) is 4.99 Å². The number of anilines is 1. The molecule has 1 aromatic carbocycles. The van der Waals surface area contributed by atoms with Gasteiger partial charge in [-0.3, -0.25) is 4.99 Å². The van der Waals surface area contributed by atoms with Crippen LogP contribution in [0.1, 0.15) is 66.9 Å². The van der Waals surface area contributed by atoms with Crippen LogP contribution in [-0.4, -0.2) is 61.3 Å². The van der Waals surface area contributed by atoms with Crippen molar-refractivity contribution in [3.8, 4) is 0 Å². The molecule has 0 spiro atoms. The summed E-state index contributed by atoms with van der Waals surface area (Å²) in [6, 6.07) is 5.75. The Morgan fingerprint density at radius 2 is 1.77 bits per heavy atom. The summed E-state index contributed by atoms with van der Waals surface area (Å²) < 4.78 is 17.9. The maximum atomic E-state index is 12.2. The average Bonchev–Trinajstić information content (AvgIpc) is 2.85. The number of ether oxygens (including phenoxy) is 1. The smallest absolute Gasteiger partial charge is 0.444 e. The van der Waals surface area contributed by atoms with E-state index in [1.807, 2.05) is 66.7 Å². The van der Waals surface area contributed by atoms with E-state index in [1.54, 1.807) is 19.0 Å². The molecule has 0 bridgehead atoms. The largest absolute Gasteiger partial charge is 0.495 e. The van der Waals surface area contributed by atoms with Crippen molar-refractivity contribution < 1.29 is 18.8 Å². The number of amides is 1. The predicted molar refractivity (Wildman–Crippen MR) is 127 cm³/mol. The fraction of sp³-hybridized carbons (Fsp3) is 0.652. The van der Waals surface area contributed by atoms with Gasteiger partial charge in [-0.1, -0.05) is 12.1 Å². The van der Waals surface area contributed by atoms with E-state index >= 15 is 0 Å². The highest BCUT2D eigenvalue weighted by atomic mass is 16.7. The topological polar surface area (TPSA) is 86.4 Å². The van der Waals surface area contributed by atoms with Gasteiger partial charge >= 0.3 is 13.2 Å². The Morgan fingerprint density at radius 1 is 1.19 bits per heavy atom. The first-order valence-electron chi connectivity index (χ1n) is 10.8. The fourth-order valence-electron chi connectivity index (χ4n) is 3.35. The van der Waals surface area contributed by atoms with Crippen LogP contribution in [0.15, 0.2) is 23.2 Å². The molecule has 0 aromatic heterocycles. The summed E-state index contributed by atoms with van der Waals surface area (Å²) >= 11 is 0. The highest BCUT2D eigenvalue weighted by molar-refractivity contribution is 6.64. The maximum absolute atomic E-state index is 12.2. The second-order valence-electron chi connectivity index (χ2n) is 10.1. The summed E-state index contributed by atoms with van der Waals surface area (Å²) in [5, 5.41) is 0. The van der Waals surface area contributed by atoms with Crippen LogP contribution >= 0.6 is 0 Å². The van der Waals surface area contributed by atoms with Crippen molar-refractivity contribution in [3.63, 3.8) is 0 Å². The molecule has 1 aliphatic rings. The van der Waals surface area contributed by atoms with Crippen molar-refractivity contribution in [2.45, 2.75) is 78.1 Å². The Kier molecular flexibility index (Phi) is 7.49. The van der Waals surface area contributed by atoms with Gasteiger partial charge in [0.2, 0.25) is 0 Å². The van der Waals surface area contributed by atoms with Crippen molar-refractivity contribution in [1.82, 2.24) is 4.90 Å². The van der Waals surface area contributed by atoms with Crippen LogP contribution in [0.4, 0.5) is 10.5 Å². The lowest BCUT2D eigenvalue weighted by atomic mass is 9.74. The van der Waals surface area contributed by atoms with E-state index in [2.05, 4.69) is 4.99 Å². The van der Waals surface area contributed by atoms with Crippen molar-refractivity contribution in [2.75, 3.05) is 26.4 Å². The minimum absolute atomic E-state index is 0.334. The maximum Gasteiger partial charge on any atom is 0.495 e. The van der Waals surface area contributed by atoms with E-state index in [0.29, 0.717) is 18.7 Å². The molecule has 2 rings (SSSR count). The number of nitrogens with two attached hydrogens (primary N) is 1. The second-order valence-corrected chi connectivity index (χ2v) is 10.1. The van der Waals surface area contributed by atoms with E-state index in [4.69, 9.17) is 19.8 Å². The Bertz CT molecular complexity index is 815. The number of rotatable bonds is 6. The molecule has 0 saturated carbocycles. The summed E-state index contributed by atoms with van der Waals surface area (Å²) in [6.45, 7) is 14.2. The summed E-state index contributed by atoms with van der Waals surface area (Å²) in [5.74, 6) is 0. The fourth-order valence-corrected chi connectivity index (χ4v) is 3.35. The van der Waals surface area contributed by atoms with Crippen LogP contribution in [0.2, 0.25) is 0 Å². The highest BCUT2D eigenvalue weighted by Gasteiger charge is 2.52. The van der Waals surface area contributed by atoms with Gasteiger partial charge in [-0.2, -0.15) is 0 Å². The highest BCUT2D eigenvalue weighted by Crippen LogP contribution is 2.37. The molecule has 1 fully saturated rings. The SMILES string of the molecule is CN=C(CCCN(C)C(=O)OC(C)(C)C)c1c(N)cccc1B1OC(C)(C)C(C)(C)O1. The van der Waals surface area contributed by atoms with E-state index in [1.165, 1.54) is 0 Å². The Hall–Kier alpha value is -2.06. The molecular weight excluding hydrogens is 393 g/mol. The van der Waals surface area contributed by atoms with Crippen molar-refractivity contribution in [1.29, 1.82) is 0 Å². The van der Waals surface area contributed by atoms with Gasteiger partial charge in [-0.05, 0) is 72.8 Å². The molecule has 2 N–H and O–H groups in total. The van der Waals surface area contributed by atoms with Gasteiger partial charge in [0.15, 0.2) is 0 Å². The Balaban J connectivity index is 2.15. The molecule has 0 unspecified atom stereocenters. The molecule has 0 atom stereocenters. The zero-order valence-electron chi connectivity index (χ0n) is 20.5. The number of hydrogen-bond donors (Lipinski definition) is 1. The number of carbonyl (C=O) groups is 1. The minimum atomic E-state index is -0.523. The molecule has 1 aliphatic heterocycles. The van der Waals surface area contributed by atoms with Gasteiger partial charge in [0.1, 0.15) is 5.60 Å². The predicted octanol–water partition coefficient (Wildman–Crippen LogP) is 3.63. The minimum Gasteiger partial charge on any atom is -0.444 e. The first kappa shape index (κ1) is 25.2. The van der Waals surface area contributed by atoms with Crippen LogP contribution in [0.5, 0.6) is 0 Å². The van der Waals surface area contributed by atoms with Crippen LogP contribution < -0.4 is 11.2 Å². The molecule has 1 aromatic rings. The van der Waals surface area contributed by atoms with E-state index in [0.717, 1.165) is 23.2 Å². The van der Waals surface area contributed by atoms with Crippen LogP contribution in [-0.2, 0) is 14.0 Å². The number of carbonyl (C=O) groups excluding carboxylic acids is 1. The average molecular weight is 431 g/mol. The molecule has 1 saturated heterocycles. The van der Waals surface area contributed by atoms with Gasteiger partial charge in [-0.15, -0.1) is 0 Å². The summed E-state index contributed by atoms with van der Waals surface area (Å²) in [4.78, 5) is 18.3. The van der Waals surface area contributed by atoms with Gasteiger partial charge in [0, 0.05) is 37.6 Å². The second kappa shape index (κ2) is 9.21. The zero-order chi connectivity index (χ0) is 23.6. The van der Waals surface area contributed by atoms with Gasteiger partial charge in [0.25, 0.3) is 0 Å². The summed E-state index contributed by atoms with van der Waals surface area (Å²) in [7, 11) is 2.97. The molecular formula is C23H38BN3O4. The zero-order valence-corrected chi connectivity index (χ0v) is 20.5. The van der Waals surface area contributed by atoms with E-state index < -0.39 is 23.9 Å². The quantitative estimate of drug-likeness (QED) is 0.422. The number of hydrogen-bond acceptors (Lipinski definition) is 6. The van der Waals surface area contributed by atoms with Crippen LogP contribution in [0, 0.1) is 0 Å². The van der Waals surface area contributed by atoms with Gasteiger partial charge in [0.05, 0.1) is 11.2 Å². The normalized spacial score (nSPS) is 18.2. The molecule has 1 amide bonds. The van der Waals surface area contributed by atoms with Gasteiger partial charge in [-0.25, -0.2) is 4.79 Å². The molecule has 172 valence electrons. The first-order valence-corrected chi connectivity index (χ1v) is 10.8. The Labute approximate surface area is 187 Å². The van der Waals surface area contributed by atoms with E-state index in [-0.39, 0.29) is 6.09 Å². The lowest BCUT2D eigenvalue weighted by Crippen LogP contribution is -2.41. The summed E-state index contributed by atoms with van der Waals surface area (Å²) in [5.41, 5.74) is 8.19. The van der Waals surface area contributed by atoms with E-state index in [9.17, 15) is 4.79 Å². The number of nitrogen functional groups attached to an aromatic ring is 1. The third-order valence-corrected chi connectivity index (χ3v) is 5.81. The van der Waals surface area contributed by atoms with Crippen molar-refractivity contribution >= 4 is 30.1 Å². The molecule has 1 heterocycles. The number of nitrogens with zero attached hydrogens (tertiary/aromatic N) is 2. The molecule has 31 heavy (non-hydrogen) atoms. The van der Waals surface area contributed by atoms with Crippen LogP contribution in [0.3, 0.4) is 0 Å². The molecule has 8 heteroatoms. The standard InChI is InChI=1S/C23H38BN3O4/c1-21(2,3)29-20(28)27(9)15-11-14-18(26-8)19-16(12-10-13-17(19)25)24-30-22(4,5)23(6,7)31-24/h10,12-13H,11,14-15,25H2,1-9H3. The van der Waals surface area contributed by atoms with Crippen molar-refractivity contribution in [3.05, 3.63) is 23.8 Å². The van der Waals surface area contributed by atoms with Crippen LogP contribution in [0.25, 0.3) is 0 Å². The third-order valence-electron chi connectivity index (χ3n) is 5.81. The number of benzene rings is 1. The Morgan fingerprint density at radius 3 is 2.29 bits per heavy atom. The molecule has 7 nitrogen and oxygen atoms in total. The summed E-state index contributed by atoms with van der Waals surface area (Å²) in [6.07, 6.45) is 1.05. The lowest BCUT2D eigenvalue weighted by Gasteiger charge is -2.32. The number of aliphatic imine (C=N–C) groups is 1. The molecule has 0 radical (unpaired) electrons. The third kappa shape index (κ3) is 6.01.